The van der Waals surface area contributed by atoms with Gasteiger partial charge in [0.15, 0.2) is 6.29 Å². The van der Waals surface area contributed by atoms with E-state index in [-0.39, 0.29) is 0 Å². The van der Waals surface area contributed by atoms with E-state index in [1.54, 1.807) is 13.0 Å². The molecule has 0 bridgehead atoms. The summed E-state index contributed by atoms with van der Waals surface area (Å²) in [5.74, 6) is 5.70. The van der Waals surface area contributed by atoms with Gasteiger partial charge in [0.1, 0.15) is 0 Å². The molecule has 12 heavy (non-hydrogen) atoms. The first-order chi connectivity index (χ1) is 5.79. The molecule has 0 aliphatic heterocycles. The van der Waals surface area contributed by atoms with Crippen LogP contribution in [0, 0.1) is 18.8 Å². The molecular weight excluding hydrogens is 148 g/mol. The highest BCUT2D eigenvalue weighted by Crippen LogP contribution is 2.10. The van der Waals surface area contributed by atoms with E-state index in [1.807, 2.05) is 19.1 Å². The van der Waals surface area contributed by atoms with Crippen molar-refractivity contribution in [2.45, 2.75) is 13.8 Å². The van der Waals surface area contributed by atoms with Crippen molar-refractivity contribution in [2.75, 3.05) is 0 Å². The molecule has 1 aromatic carbocycles. The van der Waals surface area contributed by atoms with E-state index in [0.717, 1.165) is 17.4 Å². The molecule has 0 unspecified atom stereocenters. The molecule has 0 radical (unpaired) electrons. The van der Waals surface area contributed by atoms with E-state index >= 15 is 0 Å². The van der Waals surface area contributed by atoms with Crippen molar-refractivity contribution >= 4 is 6.29 Å². The Hall–Kier alpha value is -1.55. The monoisotopic (exact) mass is 158 g/mol. The van der Waals surface area contributed by atoms with Gasteiger partial charge in [-0.05, 0) is 19.4 Å². The molecule has 60 valence electrons. The van der Waals surface area contributed by atoms with Gasteiger partial charge in [0.05, 0.1) is 0 Å². The third kappa shape index (κ3) is 1.54. The van der Waals surface area contributed by atoms with E-state index in [0.29, 0.717) is 5.56 Å². The quantitative estimate of drug-likeness (QED) is 0.452. The molecule has 0 N–H and O–H groups in total. The van der Waals surface area contributed by atoms with Crippen LogP contribution in [0.25, 0.3) is 0 Å². The summed E-state index contributed by atoms with van der Waals surface area (Å²) in [5.41, 5.74) is 2.56. The average Bonchev–Trinajstić information content (AvgIpc) is 2.09. The molecule has 0 atom stereocenters. The second-order valence-corrected chi connectivity index (χ2v) is 2.53. The van der Waals surface area contributed by atoms with Crippen molar-refractivity contribution < 1.29 is 4.79 Å². The van der Waals surface area contributed by atoms with Crippen LogP contribution < -0.4 is 0 Å². The van der Waals surface area contributed by atoms with E-state index in [9.17, 15) is 4.79 Å². The highest BCUT2D eigenvalue weighted by Gasteiger charge is 1.99. The number of benzene rings is 1. The average molecular weight is 158 g/mol. The zero-order valence-corrected chi connectivity index (χ0v) is 7.22. The standard InChI is InChI=1S/C11H10O/c1-3-5-11-9(2)6-4-7-10(11)8-12/h4,6-8H,1-2H3. The van der Waals surface area contributed by atoms with Crippen molar-refractivity contribution in [3.8, 4) is 11.8 Å². The summed E-state index contributed by atoms with van der Waals surface area (Å²) in [6.45, 7) is 3.72. The van der Waals surface area contributed by atoms with Gasteiger partial charge in [-0.15, -0.1) is 5.92 Å². The minimum absolute atomic E-state index is 0.671. The summed E-state index contributed by atoms with van der Waals surface area (Å²) in [4.78, 5) is 10.6. The van der Waals surface area contributed by atoms with Gasteiger partial charge in [-0.3, -0.25) is 4.79 Å². The van der Waals surface area contributed by atoms with Crippen LogP contribution in [-0.2, 0) is 0 Å². The van der Waals surface area contributed by atoms with Crippen LogP contribution >= 0.6 is 0 Å². The van der Waals surface area contributed by atoms with E-state index < -0.39 is 0 Å². The Bertz CT molecular complexity index is 353. The number of hydrogen-bond acceptors (Lipinski definition) is 1. The molecule has 0 fully saturated rings. The lowest BCUT2D eigenvalue weighted by molar-refractivity contribution is 0.112. The molecule has 0 spiro atoms. The fraction of sp³-hybridized carbons (Fsp3) is 0.182. The minimum Gasteiger partial charge on any atom is -0.298 e. The molecule has 0 amide bonds. The van der Waals surface area contributed by atoms with E-state index in [4.69, 9.17) is 0 Å². The first kappa shape index (κ1) is 8.55. The summed E-state index contributed by atoms with van der Waals surface area (Å²) in [5, 5.41) is 0. The smallest absolute Gasteiger partial charge is 0.151 e. The second kappa shape index (κ2) is 3.73. The second-order valence-electron chi connectivity index (χ2n) is 2.53. The van der Waals surface area contributed by atoms with Gasteiger partial charge < -0.3 is 0 Å². The Morgan fingerprint density at radius 2 is 2.17 bits per heavy atom. The van der Waals surface area contributed by atoms with Gasteiger partial charge in [-0.25, -0.2) is 0 Å². The molecule has 0 heterocycles. The van der Waals surface area contributed by atoms with Crippen LogP contribution in [0.5, 0.6) is 0 Å². The Morgan fingerprint density at radius 1 is 1.42 bits per heavy atom. The molecule has 1 heteroatoms. The van der Waals surface area contributed by atoms with Crippen LogP contribution in [-0.4, -0.2) is 6.29 Å². The first-order valence-electron chi connectivity index (χ1n) is 3.77. The lowest BCUT2D eigenvalue weighted by Gasteiger charge is -1.99. The number of aldehydes is 1. The van der Waals surface area contributed by atoms with Crippen molar-refractivity contribution in [3.05, 3.63) is 34.9 Å². The zero-order valence-electron chi connectivity index (χ0n) is 7.22. The third-order valence-corrected chi connectivity index (χ3v) is 1.68. The summed E-state index contributed by atoms with van der Waals surface area (Å²) in [7, 11) is 0. The van der Waals surface area contributed by atoms with Gasteiger partial charge in [0.25, 0.3) is 0 Å². The van der Waals surface area contributed by atoms with Crippen molar-refractivity contribution in [1.29, 1.82) is 0 Å². The van der Waals surface area contributed by atoms with Crippen LogP contribution in [0.2, 0.25) is 0 Å². The molecule has 1 aromatic rings. The molecular formula is C11H10O. The normalized spacial score (nSPS) is 8.50. The molecule has 0 saturated heterocycles. The third-order valence-electron chi connectivity index (χ3n) is 1.68. The fourth-order valence-electron chi connectivity index (χ4n) is 1.08. The van der Waals surface area contributed by atoms with Crippen LogP contribution in [0.15, 0.2) is 18.2 Å². The van der Waals surface area contributed by atoms with E-state index in [1.165, 1.54) is 0 Å². The van der Waals surface area contributed by atoms with Crippen molar-refractivity contribution in [2.24, 2.45) is 0 Å². The minimum atomic E-state index is 0.671. The molecule has 0 aliphatic carbocycles. The highest BCUT2D eigenvalue weighted by molar-refractivity contribution is 5.80. The molecule has 0 aliphatic rings. The predicted molar refractivity (Wildman–Crippen MR) is 49.1 cm³/mol. The summed E-state index contributed by atoms with van der Waals surface area (Å²) < 4.78 is 0. The number of hydrogen-bond donors (Lipinski definition) is 0. The highest BCUT2D eigenvalue weighted by atomic mass is 16.1. The predicted octanol–water partition coefficient (Wildman–Crippen LogP) is 2.18. The van der Waals surface area contributed by atoms with Gasteiger partial charge >= 0.3 is 0 Å². The van der Waals surface area contributed by atoms with Crippen molar-refractivity contribution in [3.63, 3.8) is 0 Å². The maximum Gasteiger partial charge on any atom is 0.151 e. The summed E-state index contributed by atoms with van der Waals surface area (Å²) in [6, 6.07) is 5.59. The largest absolute Gasteiger partial charge is 0.298 e. The summed E-state index contributed by atoms with van der Waals surface area (Å²) >= 11 is 0. The zero-order chi connectivity index (χ0) is 8.97. The van der Waals surface area contributed by atoms with E-state index in [2.05, 4.69) is 11.8 Å². The van der Waals surface area contributed by atoms with Gasteiger partial charge in [-0.1, -0.05) is 24.1 Å². The SMILES string of the molecule is CC#Cc1c(C)cccc1C=O. The van der Waals surface area contributed by atoms with Crippen LogP contribution in [0.3, 0.4) is 0 Å². The van der Waals surface area contributed by atoms with Gasteiger partial charge in [0, 0.05) is 11.1 Å². The molecule has 1 rings (SSSR count). The van der Waals surface area contributed by atoms with Gasteiger partial charge in [0.2, 0.25) is 0 Å². The Morgan fingerprint density at radius 3 is 2.75 bits per heavy atom. The summed E-state index contributed by atoms with van der Waals surface area (Å²) in [6.07, 6.45) is 0.840. The Kier molecular flexibility index (Phi) is 2.66. The lowest BCUT2D eigenvalue weighted by atomic mass is 10.0. The number of carbonyl (C=O) groups excluding carboxylic acids is 1. The Labute approximate surface area is 72.4 Å². The Balaban J connectivity index is 3.35. The topological polar surface area (TPSA) is 17.1 Å². The fourth-order valence-corrected chi connectivity index (χ4v) is 1.08. The van der Waals surface area contributed by atoms with Crippen LogP contribution in [0.4, 0.5) is 0 Å². The lowest BCUT2D eigenvalue weighted by Crippen LogP contribution is -1.90. The molecule has 0 aromatic heterocycles. The molecule has 0 saturated carbocycles. The van der Waals surface area contributed by atoms with Crippen LogP contribution in [0.1, 0.15) is 28.4 Å². The molecule has 1 nitrogen and oxygen atoms in total. The maximum absolute atomic E-state index is 10.6. The van der Waals surface area contributed by atoms with Crippen molar-refractivity contribution in [1.82, 2.24) is 0 Å². The number of aryl methyl sites for hydroxylation is 1. The van der Waals surface area contributed by atoms with Gasteiger partial charge in [-0.2, -0.15) is 0 Å². The first-order valence-corrected chi connectivity index (χ1v) is 3.77. The maximum atomic E-state index is 10.6. The number of rotatable bonds is 1. The number of carbonyl (C=O) groups is 1.